The molecule has 11 heteroatoms. The number of anilines is 1. The van der Waals surface area contributed by atoms with Gasteiger partial charge in [-0.3, -0.25) is 34.1 Å². The van der Waals surface area contributed by atoms with Crippen LogP contribution in [0.5, 0.6) is 0 Å². The van der Waals surface area contributed by atoms with Crippen LogP contribution in [0.2, 0.25) is 0 Å². The molecule has 214 valence electrons. The van der Waals surface area contributed by atoms with Crippen molar-refractivity contribution in [3.8, 4) is 0 Å². The lowest BCUT2D eigenvalue weighted by atomic mass is 9.89. The number of nitrogens with zero attached hydrogens (tertiary/aromatic N) is 1. The average Bonchev–Trinajstić information content (AvgIpc) is 3.58. The molecule has 0 radical (unpaired) electrons. The predicted octanol–water partition coefficient (Wildman–Crippen LogP) is 2.83. The van der Waals surface area contributed by atoms with Gasteiger partial charge in [0.05, 0.1) is 5.56 Å². The van der Waals surface area contributed by atoms with E-state index in [2.05, 4.69) is 16.0 Å². The molecule has 0 bridgehead atoms. The first-order valence-electron chi connectivity index (χ1n) is 13.9. The average molecular weight is 569 g/mol. The fraction of sp³-hybridized carbons (Fsp3) is 0.290. The minimum Gasteiger partial charge on any atom is -0.447 e. The van der Waals surface area contributed by atoms with Crippen LogP contribution < -0.4 is 16.0 Å². The second kappa shape index (κ2) is 11.1. The highest BCUT2D eigenvalue weighted by molar-refractivity contribution is 6.27. The monoisotopic (exact) mass is 568 g/mol. The Bertz CT molecular complexity index is 1600. The van der Waals surface area contributed by atoms with Crippen LogP contribution in [0.3, 0.4) is 0 Å². The standard InChI is InChI=1S/C31H28N4O7/c36-25-12-11-23(29(39)34-25)35-16-21-19(31(35)41)9-6-10-22(21)32-13-4-1-5-14-33-30(40)24-15-20-26(37)17-7-2-3-8-18(17)27(38)28(20)42-24/h2-3,6-10,15,23,32H,1,4-5,11-14,16H2,(H,33,40)(H,34,36,39). The summed E-state index contributed by atoms with van der Waals surface area (Å²) >= 11 is 0. The van der Waals surface area contributed by atoms with Crippen LogP contribution in [-0.4, -0.2) is 59.2 Å². The first kappa shape index (κ1) is 27.1. The first-order valence-corrected chi connectivity index (χ1v) is 13.9. The first-order chi connectivity index (χ1) is 20.3. The van der Waals surface area contributed by atoms with Gasteiger partial charge < -0.3 is 20.0 Å². The number of furan rings is 1. The van der Waals surface area contributed by atoms with E-state index in [1.165, 1.54) is 11.0 Å². The van der Waals surface area contributed by atoms with Crippen LogP contribution >= 0.6 is 0 Å². The molecule has 1 saturated heterocycles. The van der Waals surface area contributed by atoms with Gasteiger partial charge in [-0.05, 0) is 37.8 Å². The largest absolute Gasteiger partial charge is 0.447 e. The Labute approximate surface area is 240 Å². The number of nitrogens with one attached hydrogen (secondary N) is 3. The molecule has 1 fully saturated rings. The highest BCUT2D eigenvalue weighted by Crippen LogP contribution is 2.32. The van der Waals surface area contributed by atoms with Gasteiger partial charge in [-0.15, -0.1) is 0 Å². The van der Waals surface area contributed by atoms with Gasteiger partial charge in [0.2, 0.25) is 17.6 Å². The summed E-state index contributed by atoms with van der Waals surface area (Å²) in [6, 6.07) is 12.6. The third-order valence-electron chi connectivity index (χ3n) is 7.86. The Balaban J connectivity index is 0.963. The number of carbonyl (C=O) groups is 6. The molecule has 0 spiro atoms. The summed E-state index contributed by atoms with van der Waals surface area (Å²) in [6.45, 7) is 1.34. The number of fused-ring (bicyclic) bond motifs is 3. The zero-order valence-electron chi connectivity index (χ0n) is 22.7. The fourth-order valence-electron chi connectivity index (χ4n) is 5.68. The molecule has 1 aromatic heterocycles. The van der Waals surface area contributed by atoms with E-state index >= 15 is 0 Å². The zero-order valence-corrected chi connectivity index (χ0v) is 22.7. The van der Waals surface area contributed by atoms with E-state index in [1.807, 2.05) is 6.07 Å². The minimum absolute atomic E-state index is 0.0741. The number of ketones is 2. The minimum atomic E-state index is -0.658. The lowest BCUT2D eigenvalue weighted by Gasteiger charge is -2.29. The lowest BCUT2D eigenvalue weighted by Crippen LogP contribution is -2.52. The number of piperidine rings is 1. The van der Waals surface area contributed by atoms with Gasteiger partial charge in [0.1, 0.15) is 6.04 Å². The molecule has 3 aromatic rings. The molecular formula is C31H28N4O7. The molecule has 3 N–H and O–H groups in total. The number of rotatable bonds is 9. The van der Waals surface area contributed by atoms with Crippen LogP contribution in [-0.2, 0) is 16.1 Å². The van der Waals surface area contributed by atoms with Crippen molar-refractivity contribution in [2.45, 2.75) is 44.7 Å². The van der Waals surface area contributed by atoms with Gasteiger partial charge in [-0.1, -0.05) is 30.3 Å². The Hall–Kier alpha value is -5.06. The third kappa shape index (κ3) is 4.87. The van der Waals surface area contributed by atoms with Crippen molar-refractivity contribution in [1.29, 1.82) is 0 Å². The van der Waals surface area contributed by atoms with Gasteiger partial charge in [0, 0.05) is 60.1 Å². The fourth-order valence-corrected chi connectivity index (χ4v) is 5.68. The Kier molecular flexibility index (Phi) is 7.15. The van der Waals surface area contributed by atoms with Crippen LogP contribution in [0, 0.1) is 0 Å². The van der Waals surface area contributed by atoms with Crippen molar-refractivity contribution in [2.75, 3.05) is 18.4 Å². The maximum absolute atomic E-state index is 13.0. The molecule has 2 aromatic carbocycles. The van der Waals surface area contributed by atoms with Gasteiger partial charge in [-0.2, -0.15) is 0 Å². The summed E-state index contributed by atoms with van der Waals surface area (Å²) in [5, 5.41) is 8.47. The maximum atomic E-state index is 13.0. The van der Waals surface area contributed by atoms with Crippen molar-refractivity contribution < 1.29 is 33.2 Å². The Morgan fingerprint density at radius 3 is 2.40 bits per heavy atom. The van der Waals surface area contributed by atoms with Crippen molar-refractivity contribution in [1.82, 2.24) is 15.5 Å². The second-order valence-electron chi connectivity index (χ2n) is 10.5. The topological polar surface area (TPSA) is 155 Å². The molecule has 42 heavy (non-hydrogen) atoms. The number of benzene rings is 2. The molecule has 1 atom stereocenters. The highest BCUT2D eigenvalue weighted by Gasteiger charge is 2.40. The number of unbranched alkanes of at least 4 members (excludes halogenated alkanes) is 2. The SMILES string of the molecule is O=C1CCC(N2Cc3c(NCCCCCNC(=O)c4cc5c(o4)C(=O)c4ccccc4C5=O)cccc3C2=O)C(=O)N1. The molecule has 6 rings (SSSR count). The second-order valence-corrected chi connectivity index (χ2v) is 10.5. The molecule has 1 aliphatic carbocycles. The Morgan fingerprint density at radius 2 is 1.62 bits per heavy atom. The summed E-state index contributed by atoms with van der Waals surface area (Å²) in [4.78, 5) is 76.4. The van der Waals surface area contributed by atoms with E-state index in [1.54, 1.807) is 36.4 Å². The van der Waals surface area contributed by atoms with Crippen molar-refractivity contribution >= 4 is 40.9 Å². The van der Waals surface area contributed by atoms with Gasteiger partial charge >= 0.3 is 0 Å². The zero-order chi connectivity index (χ0) is 29.4. The van der Waals surface area contributed by atoms with E-state index in [-0.39, 0.29) is 46.7 Å². The van der Waals surface area contributed by atoms with E-state index in [0.29, 0.717) is 43.6 Å². The van der Waals surface area contributed by atoms with Crippen molar-refractivity contribution in [3.05, 3.63) is 87.9 Å². The van der Waals surface area contributed by atoms with Crippen molar-refractivity contribution in [3.63, 3.8) is 0 Å². The third-order valence-corrected chi connectivity index (χ3v) is 7.86. The molecule has 1 unspecified atom stereocenters. The van der Waals surface area contributed by atoms with E-state index in [9.17, 15) is 28.8 Å². The molecule has 0 saturated carbocycles. The molecular weight excluding hydrogens is 540 g/mol. The summed E-state index contributed by atoms with van der Waals surface area (Å²) in [6.07, 6.45) is 2.84. The molecule has 3 heterocycles. The summed E-state index contributed by atoms with van der Waals surface area (Å²) in [5.41, 5.74) is 2.89. The van der Waals surface area contributed by atoms with Crippen LogP contribution in [0.25, 0.3) is 0 Å². The number of hydrogen-bond acceptors (Lipinski definition) is 8. The molecule has 4 amide bonds. The Morgan fingerprint density at radius 1 is 0.881 bits per heavy atom. The van der Waals surface area contributed by atoms with Gasteiger partial charge in [0.15, 0.2) is 17.3 Å². The highest BCUT2D eigenvalue weighted by atomic mass is 16.4. The van der Waals surface area contributed by atoms with Gasteiger partial charge in [0.25, 0.3) is 11.8 Å². The van der Waals surface area contributed by atoms with Crippen LogP contribution in [0.4, 0.5) is 5.69 Å². The predicted molar refractivity (Wildman–Crippen MR) is 149 cm³/mol. The summed E-state index contributed by atoms with van der Waals surface area (Å²) < 4.78 is 5.50. The summed E-state index contributed by atoms with van der Waals surface area (Å²) in [7, 11) is 0. The van der Waals surface area contributed by atoms with E-state index in [4.69, 9.17) is 4.42 Å². The van der Waals surface area contributed by atoms with Gasteiger partial charge in [-0.25, -0.2) is 0 Å². The number of imide groups is 1. The normalized spacial score (nSPS) is 17.5. The number of hydrogen-bond donors (Lipinski definition) is 3. The van der Waals surface area contributed by atoms with Crippen LogP contribution in [0.15, 0.2) is 52.9 Å². The molecule has 11 nitrogen and oxygen atoms in total. The lowest BCUT2D eigenvalue weighted by molar-refractivity contribution is -0.136. The number of carbonyl (C=O) groups excluding carboxylic acids is 6. The van der Waals surface area contributed by atoms with E-state index in [0.717, 1.165) is 24.1 Å². The molecule has 2 aliphatic heterocycles. The number of amides is 4. The van der Waals surface area contributed by atoms with Crippen LogP contribution in [0.1, 0.15) is 90.6 Å². The van der Waals surface area contributed by atoms with Crippen molar-refractivity contribution in [2.24, 2.45) is 0 Å². The van der Waals surface area contributed by atoms with E-state index < -0.39 is 23.6 Å². The quantitative estimate of drug-likeness (QED) is 0.206. The summed E-state index contributed by atoms with van der Waals surface area (Å²) in [5.74, 6) is -2.39. The maximum Gasteiger partial charge on any atom is 0.287 e. The molecule has 3 aliphatic rings. The smallest absolute Gasteiger partial charge is 0.287 e.